The normalized spacial score (nSPS) is 16.1. The molecule has 1 aliphatic carbocycles. The fraction of sp³-hybridized carbons (Fsp3) is 0.534. The number of esters is 1. The predicted molar refractivity (Wildman–Crippen MR) is 434 cm³/mol. The summed E-state index contributed by atoms with van der Waals surface area (Å²) in [5.41, 5.74) is 7.64. The highest BCUT2D eigenvalue weighted by Gasteiger charge is 2.55. The minimum Gasteiger partial charge on any atom is -0.490 e. The molecule has 3 aliphatic rings. The number of unbranched alkanes of at least 4 members (excludes halogenated alkanes) is 6. The van der Waals surface area contributed by atoms with E-state index in [1.165, 1.54) is 85.9 Å². The van der Waals surface area contributed by atoms with E-state index >= 15 is 0 Å². The van der Waals surface area contributed by atoms with Gasteiger partial charge in [0.2, 0.25) is 0 Å². The zero-order valence-corrected chi connectivity index (χ0v) is 68.7. The van der Waals surface area contributed by atoms with Crippen molar-refractivity contribution in [2.75, 3.05) is 66.6 Å². The molecule has 0 saturated carbocycles. The molecule has 7 aromatic carbocycles. The number of carbonyl (C=O) groups excluding carboxylic acids is 2. The lowest BCUT2D eigenvalue weighted by Gasteiger charge is -2.35. The number of hydrogen-bond donors (Lipinski definition) is 0. The molecule has 17 heteroatoms. The summed E-state index contributed by atoms with van der Waals surface area (Å²) < 4.78 is 63.5. The quantitative estimate of drug-likeness (QED) is 0.0119. The smallest absolute Gasteiger partial charge is 0.490 e. The Morgan fingerprint density at radius 3 is 1.51 bits per heavy atom. The minimum absolute atomic E-state index is 0.0282. The lowest BCUT2D eigenvalue weighted by molar-refractivity contribution is 0.00578. The summed E-state index contributed by atoms with van der Waals surface area (Å²) in [7, 11) is 0.290. The van der Waals surface area contributed by atoms with Crippen molar-refractivity contribution in [2.45, 2.75) is 227 Å². The Bertz CT molecular complexity index is 4000. The Balaban J connectivity index is 0.000000332. The largest absolute Gasteiger partial charge is 0.494 e. The van der Waals surface area contributed by atoms with E-state index in [1.807, 2.05) is 18.2 Å². The van der Waals surface area contributed by atoms with E-state index < -0.39 is 48.0 Å². The van der Waals surface area contributed by atoms with Crippen LogP contribution in [0.1, 0.15) is 246 Å². The molecule has 0 radical (unpaired) electrons. The molecule has 2 heterocycles. The van der Waals surface area contributed by atoms with Gasteiger partial charge >= 0.3 is 20.2 Å². The summed E-state index contributed by atoms with van der Waals surface area (Å²) >= 11 is 7.31. The SMILES string of the molecule is CCCCCCC(CCCCCC)Cc1c(C#N)c2cc(Br)ccc2c2ccc(Br)cc12.CCCOCCC(CCC)Cc1ccc(C2(c3ccc(OCCOCCOCCOC)c(C(=O)OCC)c3)c3cc(B4OC(C)(C)C(C)(C)O4)ccc3-c3ccc(B4OC(C)(C)C(C)(C)O4)cc32)cc1C(C)=O. The van der Waals surface area contributed by atoms with Crippen LogP contribution in [0, 0.1) is 23.2 Å². The summed E-state index contributed by atoms with van der Waals surface area (Å²) in [5, 5.41) is 15.0. The van der Waals surface area contributed by atoms with Crippen LogP contribution in [0.25, 0.3) is 32.7 Å². The molecule has 105 heavy (non-hydrogen) atoms. The fourth-order valence-electron chi connectivity index (χ4n) is 15.2. The summed E-state index contributed by atoms with van der Waals surface area (Å²) in [6, 6.07) is 40.5. The van der Waals surface area contributed by atoms with Crippen molar-refractivity contribution in [1.29, 1.82) is 5.26 Å². The van der Waals surface area contributed by atoms with Crippen molar-refractivity contribution in [3.05, 3.63) is 168 Å². The first-order chi connectivity index (χ1) is 50.3. The van der Waals surface area contributed by atoms with Gasteiger partial charge in [-0.3, -0.25) is 4.79 Å². The Kier molecular flexibility index (Phi) is 30.2. The molecule has 0 spiro atoms. The van der Waals surface area contributed by atoms with E-state index in [1.54, 1.807) is 21.0 Å². The van der Waals surface area contributed by atoms with Gasteiger partial charge in [0.25, 0.3) is 0 Å². The van der Waals surface area contributed by atoms with Gasteiger partial charge in [-0.15, -0.1) is 0 Å². The van der Waals surface area contributed by atoms with Crippen molar-refractivity contribution >= 4 is 90.3 Å². The van der Waals surface area contributed by atoms with E-state index in [9.17, 15) is 14.9 Å². The van der Waals surface area contributed by atoms with Crippen LogP contribution in [0.15, 0.2) is 118 Å². The van der Waals surface area contributed by atoms with Gasteiger partial charge in [-0.2, -0.15) is 5.26 Å². The number of nitrogens with zero attached hydrogens (tertiary/aromatic N) is 1. The second-order valence-electron chi connectivity index (χ2n) is 30.8. The number of fused-ring (bicyclic) bond motifs is 6. The number of ketones is 1. The van der Waals surface area contributed by atoms with Gasteiger partial charge in [0, 0.05) is 40.2 Å². The van der Waals surface area contributed by atoms with Crippen LogP contribution in [0.2, 0.25) is 0 Å². The predicted octanol–water partition coefficient (Wildman–Crippen LogP) is 20.4. The molecular weight excluding hydrogens is 1440 g/mol. The zero-order chi connectivity index (χ0) is 75.7. The lowest BCUT2D eigenvalue weighted by Crippen LogP contribution is -2.41. The Hall–Kier alpha value is -5.74. The standard InChI is InChI=1S/C59H80B2O12.C29H35Br2N/c1-14-17-41(26-28-65-27-15-2)35-42-18-19-43(36-49(42)40(4)62)59(44-20-25-53(50(37-44)54(63)68-16-3)69-34-33-67-32-31-66-30-29-64-13)51-38-45(60-70-55(5,6)56(7,8)71-60)21-23-47(51)48-24-22-46(39-52(48)59)61-72-57(9,10)58(11,12)73-61;1-3-5-7-9-11-21(12-10-8-6-4-2)17-26-27-18-22(30)13-15-24(27)25-16-14-23(31)19-28(25)29(26)20-32/h18-25,36-39,41H,14-17,26-35H2,1-13H3;13-16,18-19,21H,3-12,17H2,1-2H3. The van der Waals surface area contributed by atoms with Crippen LogP contribution in [-0.2, 0) is 60.6 Å². The van der Waals surface area contributed by atoms with Crippen molar-refractivity contribution < 1.29 is 56.6 Å². The van der Waals surface area contributed by atoms with Crippen molar-refractivity contribution in [2.24, 2.45) is 11.8 Å². The maximum atomic E-state index is 14.3. The van der Waals surface area contributed by atoms with E-state index in [4.69, 9.17) is 47.0 Å². The van der Waals surface area contributed by atoms with E-state index in [0.717, 1.165) is 115 Å². The Labute approximate surface area is 645 Å². The van der Waals surface area contributed by atoms with Gasteiger partial charge < -0.3 is 47.0 Å². The monoisotopic (exact) mass is 1560 g/mol. The summed E-state index contributed by atoms with van der Waals surface area (Å²) in [6.07, 6.45) is 18.6. The summed E-state index contributed by atoms with van der Waals surface area (Å²) in [4.78, 5) is 28.5. The number of ether oxygens (including phenoxy) is 6. The number of rotatable bonds is 38. The van der Waals surface area contributed by atoms with Crippen molar-refractivity contribution in [3.63, 3.8) is 0 Å². The number of hydrogen-bond acceptors (Lipinski definition) is 13. The number of carbonyl (C=O) groups is 2. The topological polar surface area (TPSA) is 150 Å². The maximum Gasteiger partial charge on any atom is 0.494 e. The van der Waals surface area contributed by atoms with Gasteiger partial charge in [0.15, 0.2) is 5.78 Å². The van der Waals surface area contributed by atoms with Crippen LogP contribution in [0.5, 0.6) is 5.75 Å². The van der Waals surface area contributed by atoms with E-state index in [2.05, 4.69) is 212 Å². The molecule has 0 bridgehead atoms. The molecule has 1 unspecified atom stereocenters. The number of halogens is 2. The first-order valence-electron chi connectivity index (χ1n) is 38.9. The molecule has 2 aliphatic heterocycles. The van der Waals surface area contributed by atoms with Crippen LogP contribution in [0.3, 0.4) is 0 Å². The van der Waals surface area contributed by atoms with Crippen LogP contribution in [-0.4, -0.2) is 115 Å². The van der Waals surface area contributed by atoms with Gasteiger partial charge in [0.1, 0.15) is 24.0 Å². The van der Waals surface area contributed by atoms with E-state index in [-0.39, 0.29) is 31.2 Å². The van der Waals surface area contributed by atoms with Gasteiger partial charge in [-0.1, -0.05) is 203 Å². The fourth-order valence-corrected chi connectivity index (χ4v) is 15.9. The highest BCUT2D eigenvalue weighted by Crippen LogP contribution is 2.57. The molecule has 2 saturated heterocycles. The second-order valence-corrected chi connectivity index (χ2v) is 32.7. The molecule has 2 fully saturated rings. The van der Waals surface area contributed by atoms with Gasteiger partial charge in [0.05, 0.1) is 73.0 Å². The summed E-state index contributed by atoms with van der Waals surface area (Å²) in [6.45, 7) is 32.6. The minimum atomic E-state index is -1.14. The highest BCUT2D eigenvalue weighted by atomic mass is 79.9. The third-order valence-corrected chi connectivity index (χ3v) is 23.3. The van der Waals surface area contributed by atoms with Crippen LogP contribution in [0.4, 0.5) is 0 Å². The lowest BCUT2D eigenvalue weighted by atomic mass is 9.64. The highest BCUT2D eigenvalue weighted by molar-refractivity contribution is 9.10. The molecule has 0 aromatic heterocycles. The van der Waals surface area contributed by atoms with Crippen LogP contribution < -0.4 is 15.7 Å². The maximum absolute atomic E-state index is 14.3. The number of benzene rings is 7. The van der Waals surface area contributed by atoms with Crippen LogP contribution >= 0.6 is 31.9 Å². The van der Waals surface area contributed by atoms with Crippen molar-refractivity contribution in [1.82, 2.24) is 0 Å². The second kappa shape index (κ2) is 38.1. The molecular formula is C88H115B2Br2NO12. The third-order valence-electron chi connectivity index (χ3n) is 22.3. The van der Waals surface area contributed by atoms with Crippen molar-refractivity contribution in [3.8, 4) is 22.9 Å². The number of methoxy groups -OCH3 is 1. The number of nitriles is 1. The average Bonchev–Trinajstić information content (AvgIpc) is 1.54. The molecule has 13 nitrogen and oxygen atoms in total. The van der Waals surface area contributed by atoms with Gasteiger partial charge in [-0.25, -0.2) is 4.79 Å². The van der Waals surface area contributed by atoms with Gasteiger partial charge in [-0.05, 0) is 221 Å². The average molecular weight is 1560 g/mol. The molecule has 0 N–H and O–H groups in total. The third kappa shape index (κ3) is 19.6. The molecule has 7 aromatic rings. The summed E-state index contributed by atoms with van der Waals surface area (Å²) in [5.74, 6) is 0.776. The molecule has 10 rings (SSSR count). The first kappa shape index (κ1) is 83.3. The molecule has 0 amide bonds. The molecule has 1 atom stereocenters. The Morgan fingerprint density at radius 2 is 1.00 bits per heavy atom. The molecule has 564 valence electrons. The first-order valence-corrected chi connectivity index (χ1v) is 40.5. The zero-order valence-electron chi connectivity index (χ0n) is 65.5. The Morgan fingerprint density at radius 1 is 0.495 bits per heavy atom. The number of Topliss-reactive ketones (excluding diaryl/α,β-unsaturated/α-hetero) is 1. The van der Waals surface area contributed by atoms with E-state index in [0.29, 0.717) is 56.2 Å².